The first-order valence-corrected chi connectivity index (χ1v) is 4.68. The lowest BCUT2D eigenvalue weighted by atomic mass is 9.97. The number of hydrogen-bond acceptors (Lipinski definition) is 1. The van der Waals surface area contributed by atoms with Gasteiger partial charge in [-0.1, -0.05) is 46.4 Å². The highest BCUT2D eigenvalue weighted by Gasteiger charge is 2.49. The Balaban J connectivity index is 2.85. The van der Waals surface area contributed by atoms with Crippen molar-refractivity contribution < 1.29 is 4.79 Å². The van der Waals surface area contributed by atoms with Crippen LogP contribution in [0, 0.1) is 0 Å². The van der Waals surface area contributed by atoms with Crippen LogP contribution in [-0.2, 0) is 4.79 Å². The summed E-state index contributed by atoms with van der Waals surface area (Å²) in [5, 5.41) is 0. The monoisotopic (exact) mass is 234 g/mol. The summed E-state index contributed by atoms with van der Waals surface area (Å²) in [4.78, 5) is 11.2. The molecule has 0 aromatic carbocycles. The van der Waals surface area contributed by atoms with Gasteiger partial charge in [-0.05, 0) is 19.3 Å². The Kier molecular flexibility index (Phi) is 2.66. The molecule has 0 N–H and O–H groups in total. The van der Waals surface area contributed by atoms with Gasteiger partial charge < -0.3 is 0 Å². The van der Waals surface area contributed by atoms with Gasteiger partial charge in [-0.25, -0.2) is 0 Å². The molecule has 1 fully saturated rings. The second kappa shape index (κ2) is 2.95. The Hall–Kier alpha value is 0.830. The third-order valence-corrected chi connectivity index (χ3v) is 3.09. The molecule has 64 valence electrons. The molecule has 5 heteroatoms. The topological polar surface area (TPSA) is 17.1 Å². The SMILES string of the molecule is O=C1C(Cl)(Cl)CCCC1(Cl)Cl. The minimum atomic E-state index is -1.39. The van der Waals surface area contributed by atoms with Crippen LogP contribution in [0.4, 0.5) is 0 Å². The van der Waals surface area contributed by atoms with E-state index in [1.807, 2.05) is 0 Å². The Labute approximate surface area is 84.9 Å². The van der Waals surface area contributed by atoms with Crippen LogP contribution in [-0.4, -0.2) is 14.4 Å². The lowest BCUT2D eigenvalue weighted by Crippen LogP contribution is -2.43. The van der Waals surface area contributed by atoms with Crippen LogP contribution in [0.2, 0.25) is 0 Å². The van der Waals surface area contributed by atoms with Crippen molar-refractivity contribution in [3.8, 4) is 0 Å². The maximum Gasteiger partial charge on any atom is 0.204 e. The highest BCUT2D eigenvalue weighted by Crippen LogP contribution is 2.44. The maximum atomic E-state index is 11.2. The molecule has 0 aliphatic heterocycles. The molecule has 1 saturated carbocycles. The second-order valence-corrected chi connectivity index (χ2v) is 5.56. The second-order valence-electron chi connectivity index (χ2n) is 2.59. The molecule has 0 unspecified atom stereocenters. The standard InChI is InChI=1S/C6H6Cl4O/c7-5(8)2-1-3-6(9,10)4(5)11/h1-3H2. The first kappa shape index (κ1) is 9.91. The van der Waals surface area contributed by atoms with Crippen LogP contribution in [0.1, 0.15) is 19.3 Å². The molecule has 11 heavy (non-hydrogen) atoms. The predicted octanol–water partition coefficient (Wildman–Crippen LogP) is 3.09. The lowest BCUT2D eigenvalue weighted by molar-refractivity contribution is -0.121. The van der Waals surface area contributed by atoms with E-state index in [-0.39, 0.29) is 0 Å². The summed E-state index contributed by atoms with van der Waals surface area (Å²) in [5.74, 6) is -0.497. The average Bonchev–Trinajstić information content (AvgIpc) is 1.82. The molecule has 0 heterocycles. The van der Waals surface area contributed by atoms with Crippen molar-refractivity contribution >= 4 is 52.2 Å². The van der Waals surface area contributed by atoms with E-state index in [9.17, 15) is 4.79 Å². The van der Waals surface area contributed by atoms with Gasteiger partial charge in [0.15, 0.2) is 8.67 Å². The van der Waals surface area contributed by atoms with Crippen molar-refractivity contribution in [1.29, 1.82) is 0 Å². The quantitative estimate of drug-likeness (QED) is 0.590. The molecule has 1 aliphatic carbocycles. The van der Waals surface area contributed by atoms with E-state index in [0.717, 1.165) is 0 Å². The number of alkyl halides is 4. The van der Waals surface area contributed by atoms with Crippen LogP contribution in [0.15, 0.2) is 0 Å². The fourth-order valence-electron chi connectivity index (χ4n) is 1.03. The van der Waals surface area contributed by atoms with Gasteiger partial charge in [0, 0.05) is 0 Å². The molecular formula is C6H6Cl4O. The minimum absolute atomic E-state index is 0.427. The van der Waals surface area contributed by atoms with E-state index < -0.39 is 14.4 Å². The number of Topliss-reactive ketones (excluding diaryl/α,β-unsaturated/α-hetero) is 1. The summed E-state index contributed by atoms with van der Waals surface area (Å²) in [7, 11) is 0. The van der Waals surface area contributed by atoms with E-state index in [0.29, 0.717) is 19.3 Å². The lowest BCUT2D eigenvalue weighted by Gasteiger charge is -2.31. The summed E-state index contributed by atoms with van der Waals surface area (Å²) in [5.41, 5.74) is 0. The zero-order valence-electron chi connectivity index (χ0n) is 5.54. The van der Waals surface area contributed by atoms with Crippen molar-refractivity contribution in [2.24, 2.45) is 0 Å². The van der Waals surface area contributed by atoms with Crippen molar-refractivity contribution in [1.82, 2.24) is 0 Å². The van der Waals surface area contributed by atoms with E-state index in [2.05, 4.69) is 0 Å². The van der Waals surface area contributed by atoms with Gasteiger partial charge in [-0.2, -0.15) is 0 Å². The third-order valence-electron chi connectivity index (χ3n) is 1.65. The average molecular weight is 236 g/mol. The molecule has 0 atom stereocenters. The van der Waals surface area contributed by atoms with Crippen LogP contribution in [0.25, 0.3) is 0 Å². The van der Waals surface area contributed by atoms with Gasteiger partial charge in [0.1, 0.15) is 0 Å². The first-order chi connectivity index (χ1) is 4.86. The Morgan fingerprint density at radius 1 is 1.00 bits per heavy atom. The molecule has 0 saturated heterocycles. The first-order valence-electron chi connectivity index (χ1n) is 3.17. The van der Waals surface area contributed by atoms with Crippen LogP contribution >= 0.6 is 46.4 Å². The molecule has 0 amide bonds. The smallest absolute Gasteiger partial charge is 0.204 e. The van der Waals surface area contributed by atoms with Crippen LogP contribution < -0.4 is 0 Å². The van der Waals surface area contributed by atoms with E-state index in [4.69, 9.17) is 46.4 Å². The van der Waals surface area contributed by atoms with E-state index in [1.165, 1.54) is 0 Å². The van der Waals surface area contributed by atoms with Crippen molar-refractivity contribution in [2.75, 3.05) is 0 Å². The zero-order valence-corrected chi connectivity index (χ0v) is 8.57. The number of carbonyl (C=O) groups excluding carboxylic acids is 1. The Morgan fingerprint density at radius 2 is 1.36 bits per heavy atom. The van der Waals surface area contributed by atoms with Crippen molar-refractivity contribution in [2.45, 2.75) is 27.9 Å². The summed E-state index contributed by atoms with van der Waals surface area (Å²) in [6.45, 7) is 0. The predicted molar refractivity (Wildman–Crippen MR) is 47.7 cm³/mol. The van der Waals surface area contributed by atoms with Crippen molar-refractivity contribution in [3.05, 3.63) is 0 Å². The van der Waals surface area contributed by atoms with Gasteiger partial charge >= 0.3 is 0 Å². The normalized spacial score (nSPS) is 28.5. The highest BCUT2D eigenvalue weighted by molar-refractivity contribution is 6.68. The summed E-state index contributed by atoms with van der Waals surface area (Å²) < 4.78 is -2.77. The number of hydrogen-bond donors (Lipinski definition) is 0. The van der Waals surface area contributed by atoms with E-state index >= 15 is 0 Å². The summed E-state index contributed by atoms with van der Waals surface area (Å²) >= 11 is 22.6. The number of halogens is 4. The number of carbonyl (C=O) groups is 1. The van der Waals surface area contributed by atoms with Gasteiger partial charge in [0.05, 0.1) is 0 Å². The largest absolute Gasteiger partial charge is 0.293 e. The fraction of sp³-hybridized carbons (Fsp3) is 0.833. The van der Waals surface area contributed by atoms with Gasteiger partial charge in [0.25, 0.3) is 0 Å². The van der Waals surface area contributed by atoms with Crippen LogP contribution in [0.5, 0.6) is 0 Å². The van der Waals surface area contributed by atoms with Gasteiger partial charge in [0.2, 0.25) is 5.78 Å². The van der Waals surface area contributed by atoms with Gasteiger partial charge in [-0.3, -0.25) is 4.79 Å². The van der Waals surface area contributed by atoms with E-state index in [1.54, 1.807) is 0 Å². The maximum absolute atomic E-state index is 11.2. The number of rotatable bonds is 0. The molecule has 1 nitrogen and oxygen atoms in total. The minimum Gasteiger partial charge on any atom is -0.293 e. The molecule has 1 rings (SSSR count). The molecule has 0 aromatic rings. The molecule has 1 aliphatic rings. The van der Waals surface area contributed by atoms with Crippen LogP contribution in [0.3, 0.4) is 0 Å². The highest BCUT2D eigenvalue weighted by atomic mass is 35.5. The molecule has 0 bridgehead atoms. The molecule has 0 radical (unpaired) electrons. The third kappa shape index (κ3) is 1.95. The zero-order chi connectivity index (χ0) is 8.70. The van der Waals surface area contributed by atoms with Gasteiger partial charge in [-0.15, -0.1) is 0 Å². The molecular weight excluding hydrogens is 230 g/mol. The number of ketones is 1. The fourth-order valence-corrected chi connectivity index (χ4v) is 2.40. The van der Waals surface area contributed by atoms with Crippen molar-refractivity contribution in [3.63, 3.8) is 0 Å². The molecule has 0 aromatic heterocycles. The summed E-state index contributed by atoms with van der Waals surface area (Å²) in [6.07, 6.45) is 1.53. The Morgan fingerprint density at radius 3 is 1.64 bits per heavy atom. The summed E-state index contributed by atoms with van der Waals surface area (Å²) in [6, 6.07) is 0. The molecule has 0 spiro atoms. The Bertz CT molecular complexity index is 169.